The molecule has 9 heteroatoms. The molecule has 0 fully saturated rings. The lowest BCUT2D eigenvalue weighted by Gasteiger charge is -2.34. The molecule has 0 aliphatic carbocycles. The zero-order valence-electron chi connectivity index (χ0n) is 25.9. The molecule has 0 saturated heterocycles. The maximum Gasteiger partial charge on any atom is 0.264 e. The minimum Gasteiger partial charge on any atom is -0.354 e. The summed E-state index contributed by atoms with van der Waals surface area (Å²) in [6, 6.07) is 29.4. The van der Waals surface area contributed by atoms with Crippen LogP contribution in [0.25, 0.3) is 0 Å². The monoisotopic (exact) mass is 645 g/mol. The Kier molecular flexibility index (Phi) is 11.8. The van der Waals surface area contributed by atoms with Crippen LogP contribution < -0.4 is 9.62 Å². The smallest absolute Gasteiger partial charge is 0.264 e. The average molecular weight is 646 g/mol. The van der Waals surface area contributed by atoms with Gasteiger partial charge < -0.3 is 10.2 Å². The van der Waals surface area contributed by atoms with E-state index in [4.69, 9.17) is 11.6 Å². The number of rotatable bonds is 14. The second kappa shape index (κ2) is 15.7. The molecule has 0 spiro atoms. The zero-order chi connectivity index (χ0) is 32.4. The molecule has 1 atom stereocenters. The van der Waals surface area contributed by atoms with Crippen LogP contribution in [0.5, 0.6) is 0 Å². The number of nitrogens with one attached hydrogen (secondary N) is 1. The quantitative estimate of drug-likeness (QED) is 0.168. The molecular formula is C36H40ClN3O4S. The first-order valence-electron chi connectivity index (χ1n) is 15.2. The molecule has 0 aliphatic heterocycles. The number of benzene rings is 4. The van der Waals surface area contributed by atoms with E-state index in [1.54, 1.807) is 54.6 Å². The number of nitrogens with zero attached hydrogens (tertiary/aromatic N) is 2. The zero-order valence-corrected chi connectivity index (χ0v) is 27.5. The van der Waals surface area contributed by atoms with Crippen molar-refractivity contribution in [3.05, 3.63) is 130 Å². The molecular weight excluding hydrogens is 606 g/mol. The lowest BCUT2D eigenvalue weighted by atomic mass is 10.0. The number of hydrogen-bond acceptors (Lipinski definition) is 4. The average Bonchev–Trinajstić information content (AvgIpc) is 3.05. The van der Waals surface area contributed by atoms with Gasteiger partial charge in [0.2, 0.25) is 11.8 Å². The van der Waals surface area contributed by atoms with Crippen LogP contribution in [-0.2, 0) is 39.0 Å². The summed E-state index contributed by atoms with van der Waals surface area (Å²) in [7, 11) is -4.17. The molecule has 45 heavy (non-hydrogen) atoms. The van der Waals surface area contributed by atoms with Gasteiger partial charge in [-0.15, -0.1) is 0 Å². The van der Waals surface area contributed by atoms with E-state index in [-0.39, 0.29) is 23.8 Å². The van der Waals surface area contributed by atoms with Gasteiger partial charge in [0.05, 0.1) is 10.6 Å². The Hall–Kier alpha value is -4.14. The van der Waals surface area contributed by atoms with E-state index < -0.39 is 28.5 Å². The molecule has 0 radical (unpaired) electrons. The minimum absolute atomic E-state index is 0.0173. The summed E-state index contributed by atoms with van der Waals surface area (Å²) in [4.78, 5) is 29.9. The van der Waals surface area contributed by atoms with E-state index in [1.807, 2.05) is 69.3 Å². The summed E-state index contributed by atoms with van der Waals surface area (Å²) in [5.74, 6) is -0.841. The number of carbonyl (C=O) groups excluding carboxylic acids is 2. The van der Waals surface area contributed by atoms with Gasteiger partial charge in [0.25, 0.3) is 10.0 Å². The van der Waals surface area contributed by atoms with Crippen molar-refractivity contribution in [2.45, 2.75) is 57.5 Å². The fraction of sp³-hybridized carbons (Fsp3) is 0.278. The Morgan fingerprint density at radius 3 is 2.09 bits per heavy atom. The molecule has 0 heterocycles. The summed E-state index contributed by atoms with van der Waals surface area (Å²) < 4.78 is 29.7. The molecule has 7 nitrogen and oxygen atoms in total. The predicted octanol–water partition coefficient (Wildman–Crippen LogP) is 6.57. The van der Waals surface area contributed by atoms with Gasteiger partial charge in [-0.3, -0.25) is 13.9 Å². The van der Waals surface area contributed by atoms with Gasteiger partial charge in [-0.1, -0.05) is 110 Å². The number of halogens is 1. The van der Waals surface area contributed by atoms with E-state index >= 15 is 0 Å². The fourth-order valence-corrected chi connectivity index (χ4v) is 6.78. The number of amides is 2. The third-order valence-electron chi connectivity index (χ3n) is 7.65. The van der Waals surface area contributed by atoms with Crippen LogP contribution in [0.4, 0.5) is 5.69 Å². The van der Waals surface area contributed by atoms with Crippen LogP contribution in [0, 0.1) is 6.92 Å². The highest BCUT2D eigenvalue weighted by Gasteiger charge is 2.35. The van der Waals surface area contributed by atoms with E-state index in [9.17, 15) is 18.0 Å². The SMILES string of the molecule is CCCNC(=O)C(Cc1ccccc1)N(Cc1ccccc1Cl)C(=O)CN(c1ccccc1CC)S(=O)(=O)c1ccc(C)cc1. The lowest BCUT2D eigenvalue weighted by Crippen LogP contribution is -2.53. The molecule has 0 saturated carbocycles. The molecule has 2 amide bonds. The van der Waals surface area contributed by atoms with Crippen LogP contribution in [0.2, 0.25) is 5.02 Å². The first-order valence-corrected chi connectivity index (χ1v) is 17.0. The van der Waals surface area contributed by atoms with Crippen LogP contribution in [0.15, 0.2) is 108 Å². The largest absolute Gasteiger partial charge is 0.354 e. The summed E-state index contributed by atoms with van der Waals surface area (Å²) >= 11 is 6.56. The first-order chi connectivity index (χ1) is 21.6. The Bertz CT molecular complexity index is 1700. The predicted molar refractivity (Wildman–Crippen MR) is 181 cm³/mol. The Morgan fingerprint density at radius 1 is 0.822 bits per heavy atom. The maximum absolute atomic E-state index is 14.6. The molecule has 4 aromatic carbocycles. The lowest BCUT2D eigenvalue weighted by molar-refractivity contribution is -0.140. The molecule has 4 rings (SSSR count). The van der Waals surface area contributed by atoms with E-state index in [2.05, 4.69) is 5.32 Å². The molecule has 0 bridgehead atoms. The number of aryl methyl sites for hydroxylation is 2. The normalized spacial score (nSPS) is 11.9. The van der Waals surface area contributed by atoms with E-state index in [0.29, 0.717) is 29.2 Å². The molecule has 1 unspecified atom stereocenters. The number of sulfonamides is 1. The van der Waals surface area contributed by atoms with Gasteiger partial charge in [-0.2, -0.15) is 0 Å². The van der Waals surface area contributed by atoms with Gasteiger partial charge >= 0.3 is 0 Å². The minimum atomic E-state index is -4.17. The molecule has 4 aromatic rings. The number of hydrogen-bond donors (Lipinski definition) is 1. The third kappa shape index (κ3) is 8.53. The van der Waals surface area contributed by atoms with Gasteiger partial charge in [0.15, 0.2) is 0 Å². The van der Waals surface area contributed by atoms with Gasteiger partial charge in [-0.25, -0.2) is 8.42 Å². The highest BCUT2D eigenvalue weighted by molar-refractivity contribution is 7.92. The van der Waals surface area contributed by atoms with Crippen molar-refractivity contribution < 1.29 is 18.0 Å². The van der Waals surface area contributed by atoms with Crippen molar-refractivity contribution in [2.75, 3.05) is 17.4 Å². The fourth-order valence-electron chi connectivity index (χ4n) is 5.13. The van der Waals surface area contributed by atoms with Crippen LogP contribution in [0.3, 0.4) is 0 Å². The van der Waals surface area contributed by atoms with Crippen LogP contribution in [0.1, 0.15) is 42.5 Å². The van der Waals surface area contributed by atoms with Crippen molar-refractivity contribution in [3.8, 4) is 0 Å². The van der Waals surface area contributed by atoms with Crippen molar-refractivity contribution in [2.24, 2.45) is 0 Å². The Labute approximate surface area is 271 Å². The Balaban J connectivity index is 1.83. The van der Waals surface area contributed by atoms with Gasteiger partial charge in [0.1, 0.15) is 12.6 Å². The number of anilines is 1. The van der Waals surface area contributed by atoms with Gasteiger partial charge in [-0.05, 0) is 60.7 Å². The highest BCUT2D eigenvalue weighted by Crippen LogP contribution is 2.29. The van der Waals surface area contributed by atoms with Crippen molar-refractivity contribution in [3.63, 3.8) is 0 Å². The number of carbonyl (C=O) groups is 2. The first kappa shape index (κ1) is 33.7. The topological polar surface area (TPSA) is 86.8 Å². The third-order valence-corrected chi connectivity index (χ3v) is 9.79. The number of para-hydroxylation sites is 1. The summed E-state index contributed by atoms with van der Waals surface area (Å²) in [5, 5.41) is 3.40. The second-order valence-corrected chi connectivity index (χ2v) is 13.2. The molecule has 0 aromatic heterocycles. The van der Waals surface area contributed by atoms with Crippen molar-refractivity contribution in [1.29, 1.82) is 0 Å². The molecule has 0 aliphatic rings. The second-order valence-electron chi connectivity index (χ2n) is 10.9. The summed E-state index contributed by atoms with van der Waals surface area (Å²) in [6.45, 7) is 5.73. The molecule has 236 valence electrons. The molecule has 1 N–H and O–H groups in total. The van der Waals surface area contributed by atoms with Crippen molar-refractivity contribution >= 4 is 39.1 Å². The summed E-state index contributed by atoms with van der Waals surface area (Å²) in [6.07, 6.45) is 1.52. The maximum atomic E-state index is 14.6. The van der Waals surface area contributed by atoms with Crippen LogP contribution >= 0.6 is 11.6 Å². The standard InChI is InChI=1S/C36H40ClN3O4S/c1-4-23-38-36(42)34(24-28-13-7-6-8-14-28)39(25-30-16-9-11-17-32(30)37)35(41)26-40(33-18-12-10-15-29(33)5-2)45(43,44)31-21-19-27(3)20-22-31/h6-22,34H,4-5,23-26H2,1-3H3,(H,38,42). The van der Waals surface area contributed by atoms with E-state index in [0.717, 1.165) is 23.1 Å². The van der Waals surface area contributed by atoms with E-state index in [1.165, 1.54) is 9.21 Å². The van der Waals surface area contributed by atoms with Gasteiger partial charge in [0, 0.05) is 24.5 Å². The van der Waals surface area contributed by atoms with Crippen LogP contribution in [-0.4, -0.2) is 44.3 Å². The van der Waals surface area contributed by atoms with Crippen molar-refractivity contribution in [1.82, 2.24) is 10.2 Å². The summed E-state index contributed by atoms with van der Waals surface area (Å²) in [5.41, 5.74) is 3.63. The highest BCUT2D eigenvalue weighted by atomic mass is 35.5. The Morgan fingerprint density at radius 2 is 1.44 bits per heavy atom.